The van der Waals surface area contributed by atoms with E-state index in [1.165, 1.54) is 38.5 Å². The molecular weight excluding hydrogens is 505 g/mol. The minimum Gasteiger partial charge on any atom is -0.459 e. The van der Waals surface area contributed by atoms with Gasteiger partial charge in [0.05, 0.1) is 6.26 Å². The van der Waals surface area contributed by atoms with Gasteiger partial charge in [0.15, 0.2) is 11.7 Å². The molecule has 168 valence electrons. The molecule has 3 N–H and O–H groups in total. The highest BCUT2D eigenvalue weighted by molar-refractivity contribution is 14.0. The van der Waals surface area contributed by atoms with Crippen molar-refractivity contribution in [3.05, 3.63) is 54.0 Å². The number of carbonyl (C=O) groups excluding carboxylic acids is 1. The summed E-state index contributed by atoms with van der Waals surface area (Å²) in [5, 5.41) is 9.83. The third-order valence-electron chi connectivity index (χ3n) is 6.01. The van der Waals surface area contributed by atoms with Gasteiger partial charge in [0.25, 0.3) is 5.91 Å². The Bertz CT molecular complexity index is 865. The normalized spacial score (nSPS) is 19.8. The number of halogens is 1. The van der Waals surface area contributed by atoms with Gasteiger partial charge in [0.2, 0.25) is 0 Å². The summed E-state index contributed by atoms with van der Waals surface area (Å²) in [6, 6.07) is 12.4. The van der Waals surface area contributed by atoms with Gasteiger partial charge in [-0.05, 0) is 49.1 Å². The number of benzene rings is 1. The molecule has 1 aliphatic carbocycles. The second kappa shape index (κ2) is 11.5. The molecule has 0 bridgehead atoms. The van der Waals surface area contributed by atoms with Gasteiger partial charge in [-0.2, -0.15) is 0 Å². The number of hydrogen-bond donors (Lipinski definition) is 3. The predicted octanol–water partition coefficient (Wildman–Crippen LogP) is 3.83. The Kier molecular flexibility index (Phi) is 8.77. The van der Waals surface area contributed by atoms with Crippen molar-refractivity contribution in [1.82, 2.24) is 15.5 Å². The van der Waals surface area contributed by atoms with Crippen LogP contribution in [0, 0.1) is 0 Å². The monoisotopic (exact) mass is 537 g/mol. The van der Waals surface area contributed by atoms with E-state index in [1.807, 2.05) is 24.3 Å². The number of rotatable bonds is 6. The number of nitrogens with one attached hydrogen (secondary N) is 3. The lowest BCUT2D eigenvalue weighted by Gasteiger charge is -2.24. The smallest absolute Gasteiger partial charge is 0.291 e. The number of hydrogen-bond acceptors (Lipinski definition) is 4. The highest BCUT2D eigenvalue weighted by Gasteiger charge is 2.30. The van der Waals surface area contributed by atoms with E-state index in [4.69, 9.17) is 4.42 Å². The lowest BCUT2D eigenvalue weighted by molar-refractivity contribution is 0.0996. The van der Waals surface area contributed by atoms with Crippen LogP contribution >= 0.6 is 24.0 Å². The summed E-state index contributed by atoms with van der Waals surface area (Å²) in [7, 11) is 1.80. The Balaban J connectivity index is 0.00000272. The van der Waals surface area contributed by atoms with Gasteiger partial charge in [0.1, 0.15) is 0 Å². The van der Waals surface area contributed by atoms with Crippen molar-refractivity contribution in [3.63, 3.8) is 0 Å². The molecule has 1 aromatic carbocycles. The van der Waals surface area contributed by atoms with E-state index in [0.29, 0.717) is 18.3 Å². The first kappa shape index (κ1) is 23.6. The van der Waals surface area contributed by atoms with E-state index in [2.05, 4.69) is 25.8 Å². The average molecular weight is 537 g/mol. The summed E-state index contributed by atoms with van der Waals surface area (Å²) in [4.78, 5) is 19.2. The molecule has 7 nitrogen and oxygen atoms in total. The average Bonchev–Trinajstić information content (AvgIpc) is 3.53. The number of likely N-dealkylation sites (tertiary alicyclic amines) is 1. The number of amides is 1. The van der Waals surface area contributed by atoms with E-state index in [1.54, 1.807) is 19.2 Å². The van der Waals surface area contributed by atoms with Crippen LogP contribution in [0.2, 0.25) is 0 Å². The predicted molar refractivity (Wildman–Crippen MR) is 134 cm³/mol. The van der Waals surface area contributed by atoms with Gasteiger partial charge >= 0.3 is 0 Å². The van der Waals surface area contributed by atoms with Crippen LogP contribution in [0.25, 0.3) is 0 Å². The van der Waals surface area contributed by atoms with Crippen LogP contribution < -0.4 is 16.0 Å². The first-order valence-electron chi connectivity index (χ1n) is 10.9. The fraction of sp³-hybridized carbons (Fsp3) is 0.478. The zero-order chi connectivity index (χ0) is 20.8. The molecule has 4 rings (SSSR count). The van der Waals surface area contributed by atoms with Crippen molar-refractivity contribution in [1.29, 1.82) is 0 Å². The number of guanidine groups is 1. The Hall–Kier alpha value is -2.07. The molecule has 1 saturated heterocycles. The van der Waals surface area contributed by atoms with Crippen molar-refractivity contribution in [3.8, 4) is 0 Å². The number of anilines is 1. The fourth-order valence-corrected chi connectivity index (χ4v) is 4.44. The first-order chi connectivity index (χ1) is 14.7. The van der Waals surface area contributed by atoms with Gasteiger partial charge in [-0.3, -0.25) is 14.7 Å². The third kappa shape index (κ3) is 6.46. The number of carbonyl (C=O) groups is 1. The first-order valence-corrected chi connectivity index (χ1v) is 10.9. The standard InChI is InChI=1S/C23H31N5O2.HI/c1-24-23(27-19-11-12-28(16-19)20-8-2-3-9-20)25-15-17-6-4-7-18(14-17)26-22(29)21-10-5-13-30-21;/h4-7,10,13-14,19-20H,2-3,8-9,11-12,15-16H2,1H3,(H,26,29)(H2,24,25,27);1H. The summed E-state index contributed by atoms with van der Waals surface area (Å²) in [6.07, 6.45) is 8.11. The maximum atomic E-state index is 12.2. The van der Waals surface area contributed by atoms with Crippen LogP contribution in [0.1, 0.15) is 48.2 Å². The maximum Gasteiger partial charge on any atom is 0.291 e. The van der Waals surface area contributed by atoms with E-state index >= 15 is 0 Å². The lowest BCUT2D eigenvalue weighted by atomic mass is 10.2. The molecule has 1 aromatic heterocycles. The van der Waals surface area contributed by atoms with Crippen molar-refractivity contribution in [2.24, 2.45) is 4.99 Å². The van der Waals surface area contributed by atoms with Gasteiger partial charge in [-0.1, -0.05) is 25.0 Å². The molecule has 2 fully saturated rings. The fourth-order valence-electron chi connectivity index (χ4n) is 4.44. The van der Waals surface area contributed by atoms with Crippen LogP contribution in [-0.4, -0.2) is 49.0 Å². The van der Waals surface area contributed by atoms with Gasteiger partial charge in [0, 0.05) is 44.5 Å². The molecule has 31 heavy (non-hydrogen) atoms. The molecule has 1 unspecified atom stereocenters. The molecule has 1 atom stereocenters. The summed E-state index contributed by atoms with van der Waals surface area (Å²) in [5.74, 6) is 0.861. The molecule has 2 aromatic rings. The SMILES string of the molecule is CN=C(NCc1cccc(NC(=O)c2ccco2)c1)NC1CCN(C2CCCC2)C1.I. The zero-order valence-electron chi connectivity index (χ0n) is 18.0. The van der Waals surface area contributed by atoms with Crippen molar-refractivity contribution >= 4 is 41.5 Å². The Morgan fingerprint density at radius 3 is 2.77 bits per heavy atom. The third-order valence-corrected chi connectivity index (χ3v) is 6.01. The van der Waals surface area contributed by atoms with E-state index < -0.39 is 0 Å². The highest BCUT2D eigenvalue weighted by atomic mass is 127. The topological polar surface area (TPSA) is 81.9 Å². The lowest BCUT2D eigenvalue weighted by Crippen LogP contribution is -2.45. The van der Waals surface area contributed by atoms with Crippen molar-refractivity contribution in [2.45, 2.75) is 50.7 Å². The number of aliphatic imine (C=N–C) groups is 1. The second-order valence-electron chi connectivity index (χ2n) is 8.12. The molecule has 0 radical (unpaired) electrons. The molecule has 1 aliphatic heterocycles. The Labute approximate surface area is 201 Å². The maximum absolute atomic E-state index is 12.2. The van der Waals surface area contributed by atoms with Crippen LogP contribution in [-0.2, 0) is 6.54 Å². The van der Waals surface area contributed by atoms with Crippen LogP contribution in [0.3, 0.4) is 0 Å². The van der Waals surface area contributed by atoms with Crippen LogP contribution in [0.5, 0.6) is 0 Å². The molecular formula is C23H32IN5O2. The number of furan rings is 1. The molecule has 2 heterocycles. The minimum absolute atomic E-state index is 0. The van der Waals surface area contributed by atoms with Crippen molar-refractivity contribution < 1.29 is 9.21 Å². The van der Waals surface area contributed by atoms with E-state index in [0.717, 1.165) is 36.2 Å². The Morgan fingerprint density at radius 1 is 1.19 bits per heavy atom. The van der Waals surface area contributed by atoms with Crippen LogP contribution in [0.4, 0.5) is 5.69 Å². The summed E-state index contributed by atoms with van der Waals surface area (Å²) in [6.45, 7) is 2.90. The van der Waals surface area contributed by atoms with Crippen molar-refractivity contribution in [2.75, 3.05) is 25.5 Å². The summed E-state index contributed by atoms with van der Waals surface area (Å²) >= 11 is 0. The van der Waals surface area contributed by atoms with Gasteiger partial charge in [-0.15, -0.1) is 24.0 Å². The quantitative estimate of drug-likeness (QED) is 0.297. The molecule has 8 heteroatoms. The second-order valence-corrected chi connectivity index (χ2v) is 8.12. The molecule has 2 aliphatic rings. The van der Waals surface area contributed by atoms with E-state index in [9.17, 15) is 4.79 Å². The molecule has 0 spiro atoms. The van der Waals surface area contributed by atoms with Gasteiger partial charge < -0.3 is 20.4 Å². The van der Waals surface area contributed by atoms with Gasteiger partial charge in [-0.25, -0.2) is 0 Å². The molecule has 1 amide bonds. The highest BCUT2D eigenvalue weighted by Crippen LogP contribution is 2.26. The van der Waals surface area contributed by atoms with E-state index in [-0.39, 0.29) is 29.9 Å². The summed E-state index contributed by atoms with van der Waals surface area (Å²) in [5.41, 5.74) is 1.80. The molecule has 1 saturated carbocycles. The van der Waals surface area contributed by atoms with Crippen LogP contribution in [0.15, 0.2) is 52.1 Å². The number of nitrogens with zero attached hydrogens (tertiary/aromatic N) is 2. The minimum atomic E-state index is -0.254. The largest absolute Gasteiger partial charge is 0.459 e. The summed E-state index contributed by atoms with van der Waals surface area (Å²) < 4.78 is 5.14. The Morgan fingerprint density at radius 2 is 2.03 bits per heavy atom. The zero-order valence-corrected chi connectivity index (χ0v) is 20.3.